The summed E-state index contributed by atoms with van der Waals surface area (Å²) in [5, 5.41) is 5.61. The Kier molecular flexibility index (Phi) is 7.16. The SMILES string of the molecule is CNCC(=O)Nc1ccc(-c2nc(N3CCOC[C@@H]3C)cc(C(C)(C)S(C)(=O)=O)n2)cc1. The summed E-state index contributed by atoms with van der Waals surface area (Å²) in [7, 11) is -1.72. The average molecular weight is 462 g/mol. The van der Waals surface area contributed by atoms with Gasteiger partial charge in [-0.1, -0.05) is 0 Å². The quantitative estimate of drug-likeness (QED) is 0.642. The van der Waals surface area contributed by atoms with Crippen LogP contribution in [0, 0.1) is 0 Å². The lowest BCUT2D eigenvalue weighted by molar-refractivity contribution is -0.115. The van der Waals surface area contributed by atoms with Gasteiger partial charge < -0.3 is 20.3 Å². The van der Waals surface area contributed by atoms with E-state index in [1.165, 1.54) is 6.26 Å². The van der Waals surface area contributed by atoms with Crippen LogP contribution in [0.15, 0.2) is 30.3 Å². The van der Waals surface area contributed by atoms with E-state index >= 15 is 0 Å². The van der Waals surface area contributed by atoms with Gasteiger partial charge >= 0.3 is 0 Å². The highest BCUT2D eigenvalue weighted by Crippen LogP contribution is 2.32. The summed E-state index contributed by atoms with van der Waals surface area (Å²) in [6.07, 6.45) is 1.22. The zero-order chi connectivity index (χ0) is 23.5. The Balaban J connectivity index is 2.04. The van der Waals surface area contributed by atoms with Gasteiger partial charge in [-0.05, 0) is 52.1 Å². The van der Waals surface area contributed by atoms with E-state index < -0.39 is 14.6 Å². The molecule has 1 fully saturated rings. The number of amides is 1. The van der Waals surface area contributed by atoms with Crippen LogP contribution in [0.25, 0.3) is 11.4 Å². The maximum Gasteiger partial charge on any atom is 0.238 e. The number of sulfone groups is 1. The van der Waals surface area contributed by atoms with E-state index in [-0.39, 0.29) is 18.5 Å². The van der Waals surface area contributed by atoms with Gasteiger partial charge in [-0.15, -0.1) is 0 Å². The van der Waals surface area contributed by atoms with Gasteiger partial charge in [0.2, 0.25) is 5.91 Å². The molecule has 0 unspecified atom stereocenters. The van der Waals surface area contributed by atoms with Gasteiger partial charge in [-0.25, -0.2) is 18.4 Å². The number of rotatable bonds is 7. The van der Waals surface area contributed by atoms with Crippen LogP contribution in [0.3, 0.4) is 0 Å². The molecule has 0 spiro atoms. The fourth-order valence-electron chi connectivity index (χ4n) is 3.34. The standard InChI is InChI=1S/C22H31N5O4S/c1-15-14-31-11-10-27(15)19-12-18(22(2,3)32(5,29)30)25-21(26-19)16-6-8-17(9-7-16)24-20(28)13-23-4/h6-9,12,15,23H,10-11,13-14H2,1-5H3,(H,24,28)/t15-/m0/s1. The Morgan fingerprint density at radius 3 is 2.53 bits per heavy atom. The first-order chi connectivity index (χ1) is 15.0. The lowest BCUT2D eigenvalue weighted by atomic mass is 10.1. The summed E-state index contributed by atoms with van der Waals surface area (Å²) in [5.74, 6) is 0.960. The number of aromatic nitrogens is 2. The Hall–Kier alpha value is -2.56. The zero-order valence-electron chi connectivity index (χ0n) is 19.2. The van der Waals surface area contributed by atoms with Crippen LogP contribution < -0.4 is 15.5 Å². The van der Waals surface area contributed by atoms with E-state index in [1.807, 2.05) is 19.1 Å². The van der Waals surface area contributed by atoms with E-state index in [2.05, 4.69) is 20.5 Å². The smallest absolute Gasteiger partial charge is 0.238 e. The predicted octanol–water partition coefficient (Wildman–Crippen LogP) is 1.81. The number of nitrogens with zero attached hydrogens (tertiary/aromatic N) is 3. The van der Waals surface area contributed by atoms with Crippen LogP contribution in [-0.2, 0) is 24.1 Å². The van der Waals surface area contributed by atoms with E-state index in [0.717, 1.165) is 5.56 Å². The number of carbonyl (C=O) groups excluding carboxylic acids is 1. The maximum atomic E-state index is 12.5. The third kappa shape index (κ3) is 5.25. The molecule has 0 bridgehead atoms. The lowest BCUT2D eigenvalue weighted by Crippen LogP contribution is -2.44. The van der Waals surface area contributed by atoms with Gasteiger partial charge in [0.1, 0.15) is 10.6 Å². The van der Waals surface area contributed by atoms with Crippen LogP contribution in [0.2, 0.25) is 0 Å². The monoisotopic (exact) mass is 461 g/mol. The summed E-state index contributed by atoms with van der Waals surface area (Å²) in [4.78, 5) is 23.3. The molecule has 1 aromatic carbocycles. The Morgan fingerprint density at radius 2 is 1.94 bits per heavy atom. The van der Waals surface area contributed by atoms with Crippen molar-refractivity contribution in [1.29, 1.82) is 0 Å². The number of nitrogens with one attached hydrogen (secondary N) is 2. The number of carbonyl (C=O) groups is 1. The molecule has 32 heavy (non-hydrogen) atoms. The van der Waals surface area contributed by atoms with Crippen LogP contribution in [0.5, 0.6) is 0 Å². The van der Waals surface area contributed by atoms with Crippen molar-refractivity contribution in [2.75, 3.05) is 49.8 Å². The maximum absolute atomic E-state index is 12.5. The topological polar surface area (TPSA) is 114 Å². The molecule has 3 rings (SSSR count). The van der Waals surface area contributed by atoms with Crippen molar-refractivity contribution in [3.05, 3.63) is 36.0 Å². The predicted molar refractivity (Wildman–Crippen MR) is 126 cm³/mol. The molecule has 0 saturated carbocycles. The molecule has 0 radical (unpaired) electrons. The Labute approximate surface area is 189 Å². The molecule has 1 aromatic heterocycles. The molecule has 1 aliphatic heterocycles. The van der Waals surface area contributed by atoms with Crippen LogP contribution in [0.4, 0.5) is 11.5 Å². The van der Waals surface area contributed by atoms with Crippen molar-refractivity contribution in [2.24, 2.45) is 0 Å². The van der Waals surface area contributed by atoms with Gasteiger partial charge in [0.05, 0.1) is 31.5 Å². The second-order valence-electron chi connectivity index (χ2n) is 8.49. The first kappa shape index (κ1) is 24.1. The van der Waals surface area contributed by atoms with Crippen LogP contribution >= 0.6 is 0 Å². The number of hydrogen-bond acceptors (Lipinski definition) is 8. The number of ether oxygens (including phenoxy) is 1. The number of benzene rings is 1. The molecule has 2 heterocycles. The normalized spacial score (nSPS) is 17.3. The van der Waals surface area contributed by atoms with Crippen LogP contribution in [0.1, 0.15) is 26.5 Å². The molecule has 1 amide bonds. The summed E-state index contributed by atoms with van der Waals surface area (Å²) in [5.41, 5.74) is 1.82. The van der Waals surface area contributed by atoms with E-state index in [0.29, 0.717) is 42.8 Å². The minimum absolute atomic E-state index is 0.102. The third-order valence-electron chi connectivity index (χ3n) is 5.68. The van der Waals surface area contributed by atoms with E-state index in [4.69, 9.17) is 9.72 Å². The van der Waals surface area contributed by atoms with Crippen molar-refractivity contribution in [3.63, 3.8) is 0 Å². The number of anilines is 2. The lowest BCUT2D eigenvalue weighted by Gasteiger charge is -2.35. The van der Waals surface area contributed by atoms with E-state index in [9.17, 15) is 13.2 Å². The Bertz CT molecular complexity index is 1070. The van der Waals surface area contributed by atoms with Crippen molar-refractivity contribution in [2.45, 2.75) is 31.6 Å². The molecule has 9 nitrogen and oxygen atoms in total. The molecule has 2 aromatic rings. The molecular weight excluding hydrogens is 430 g/mol. The zero-order valence-corrected chi connectivity index (χ0v) is 20.0. The van der Waals surface area contributed by atoms with E-state index in [1.54, 1.807) is 39.1 Å². The molecule has 2 N–H and O–H groups in total. The van der Waals surface area contributed by atoms with Crippen molar-refractivity contribution in [1.82, 2.24) is 15.3 Å². The number of morpholine rings is 1. The number of hydrogen-bond donors (Lipinski definition) is 2. The highest BCUT2D eigenvalue weighted by Gasteiger charge is 2.35. The molecule has 10 heteroatoms. The minimum Gasteiger partial charge on any atom is -0.377 e. The minimum atomic E-state index is -3.43. The van der Waals surface area contributed by atoms with Crippen LogP contribution in [-0.4, -0.2) is 69.9 Å². The molecule has 1 atom stereocenters. The highest BCUT2D eigenvalue weighted by atomic mass is 32.2. The largest absolute Gasteiger partial charge is 0.377 e. The fourth-order valence-corrected chi connectivity index (χ4v) is 3.83. The Morgan fingerprint density at radius 1 is 1.25 bits per heavy atom. The van der Waals surface area contributed by atoms with Gasteiger partial charge in [0.15, 0.2) is 15.7 Å². The molecule has 174 valence electrons. The second-order valence-corrected chi connectivity index (χ2v) is 11.1. The molecule has 1 aliphatic rings. The summed E-state index contributed by atoms with van der Waals surface area (Å²) >= 11 is 0. The van der Waals surface area contributed by atoms with Gasteiger partial charge in [0, 0.05) is 30.1 Å². The fraction of sp³-hybridized carbons (Fsp3) is 0.500. The first-order valence-electron chi connectivity index (χ1n) is 10.5. The molecule has 0 aliphatic carbocycles. The summed E-state index contributed by atoms with van der Waals surface area (Å²) in [6.45, 7) is 7.38. The van der Waals surface area contributed by atoms with Gasteiger partial charge in [0.25, 0.3) is 0 Å². The summed E-state index contributed by atoms with van der Waals surface area (Å²) < 4.78 is 29.4. The number of likely N-dealkylation sites (N-methyl/N-ethyl adjacent to an activating group) is 1. The molecular formula is C22H31N5O4S. The van der Waals surface area contributed by atoms with Gasteiger partial charge in [-0.3, -0.25) is 4.79 Å². The highest BCUT2D eigenvalue weighted by molar-refractivity contribution is 7.91. The summed E-state index contributed by atoms with van der Waals surface area (Å²) in [6, 6.07) is 9.04. The third-order valence-corrected chi connectivity index (χ3v) is 7.75. The average Bonchev–Trinajstić information content (AvgIpc) is 2.73. The van der Waals surface area contributed by atoms with Crippen molar-refractivity contribution in [3.8, 4) is 11.4 Å². The van der Waals surface area contributed by atoms with Gasteiger partial charge in [-0.2, -0.15) is 0 Å². The second kappa shape index (κ2) is 9.51. The first-order valence-corrected chi connectivity index (χ1v) is 12.4. The van der Waals surface area contributed by atoms with Crippen molar-refractivity contribution < 1.29 is 17.9 Å². The van der Waals surface area contributed by atoms with Crippen molar-refractivity contribution >= 4 is 27.2 Å². The molecule has 1 saturated heterocycles.